The van der Waals surface area contributed by atoms with E-state index in [0.717, 1.165) is 0 Å². The molecule has 4 heteroatoms. The van der Waals surface area contributed by atoms with Crippen LogP contribution in [-0.2, 0) is 9.53 Å². The molecule has 58 valence electrons. The summed E-state index contributed by atoms with van der Waals surface area (Å²) in [6.07, 6.45) is -1.17. The molecule has 0 saturated carbocycles. The van der Waals surface area contributed by atoms with Crippen LogP contribution >= 0.6 is 0 Å². The Labute approximate surface area is 57.8 Å². The number of carboxylic acid groups (broad SMARTS) is 1. The summed E-state index contributed by atoms with van der Waals surface area (Å²) in [6.45, 7) is -0.0725. The van der Waals surface area contributed by atoms with Gasteiger partial charge < -0.3 is 9.84 Å². The van der Waals surface area contributed by atoms with E-state index >= 15 is 0 Å². The average Bonchev–Trinajstić information content (AvgIpc) is 1.88. The number of carbonyl (C=O) groups is 1. The van der Waals surface area contributed by atoms with Gasteiger partial charge in [-0.05, 0) is 12.8 Å². The number of carboxylic acids is 1. The van der Waals surface area contributed by atoms with E-state index in [1.807, 2.05) is 0 Å². The Balaban J connectivity index is 2.33. The minimum atomic E-state index is -0.994. The first-order valence-electron chi connectivity index (χ1n) is 3.18. The number of ether oxygens (including phenoxy) is 1. The molecular weight excluding hydrogens is 139 g/mol. The summed E-state index contributed by atoms with van der Waals surface area (Å²) < 4.78 is 17.0. The molecule has 2 atom stereocenters. The molecule has 10 heavy (non-hydrogen) atoms. The normalized spacial score (nSPS) is 33.7. The van der Waals surface area contributed by atoms with Crippen molar-refractivity contribution in [3.8, 4) is 0 Å². The summed E-state index contributed by atoms with van der Waals surface area (Å²) in [5.74, 6) is -0.994. The van der Waals surface area contributed by atoms with E-state index in [9.17, 15) is 9.18 Å². The van der Waals surface area contributed by atoms with Crippen LogP contribution in [0.5, 0.6) is 0 Å². The van der Waals surface area contributed by atoms with Crippen LogP contribution in [0.1, 0.15) is 12.8 Å². The van der Waals surface area contributed by atoms with E-state index in [1.54, 1.807) is 0 Å². The molecule has 0 aromatic rings. The topological polar surface area (TPSA) is 46.5 Å². The average molecular weight is 148 g/mol. The SMILES string of the molecule is O=C(O)[C@@H]1CC[C@@H](F)CO1. The minimum Gasteiger partial charge on any atom is -0.479 e. The Morgan fingerprint density at radius 1 is 1.60 bits per heavy atom. The van der Waals surface area contributed by atoms with Crippen LogP contribution in [0.2, 0.25) is 0 Å². The number of hydrogen-bond donors (Lipinski definition) is 1. The van der Waals surface area contributed by atoms with Crippen LogP contribution in [0, 0.1) is 0 Å². The van der Waals surface area contributed by atoms with Gasteiger partial charge in [-0.15, -0.1) is 0 Å². The van der Waals surface area contributed by atoms with Gasteiger partial charge in [-0.25, -0.2) is 9.18 Å². The van der Waals surface area contributed by atoms with Gasteiger partial charge >= 0.3 is 5.97 Å². The van der Waals surface area contributed by atoms with Gasteiger partial charge in [-0.2, -0.15) is 0 Å². The van der Waals surface area contributed by atoms with Crippen molar-refractivity contribution in [1.82, 2.24) is 0 Å². The molecule has 0 spiro atoms. The fourth-order valence-corrected chi connectivity index (χ4v) is 0.914. The Kier molecular flexibility index (Phi) is 2.21. The second kappa shape index (κ2) is 2.96. The molecule has 1 heterocycles. The van der Waals surface area contributed by atoms with Crippen LogP contribution in [0.4, 0.5) is 4.39 Å². The lowest BCUT2D eigenvalue weighted by atomic mass is 10.1. The number of rotatable bonds is 1. The van der Waals surface area contributed by atoms with Crippen LogP contribution in [0.3, 0.4) is 0 Å². The summed E-state index contributed by atoms with van der Waals surface area (Å²) in [7, 11) is 0. The van der Waals surface area contributed by atoms with Gasteiger partial charge in [0.05, 0.1) is 6.61 Å². The maximum Gasteiger partial charge on any atom is 0.332 e. The largest absolute Gasteiger partial charge is 0.479 e. The van der Waals surface area contributed by atoms with E-state index in [0.29, 0.717) is 6.42 Å². The van der Waals surface area contributed by atoms with Gasteiger partial charge in [0.25, 0.3) is 0 Å². The summed E-state index contributed by atoms with van der Waals surface area (Å²) in [6, 6.07) is 0. The first-order chi connectivity index (χ1) is 4.70. The minimum absolute atomic E-state index is 0.0725. The molecule has 1 rings (SSSR count). The van der Waals surface area contributed by atoms with E-state index in [4.69, 9.17) is 5.11 Å². The number of hydrogen-bond acceptors (Lipinski definition) is 2. The molecular formula is C6H9FO3. The summed E-state index contributed by atoms with van der Waals surface area (Å²) in [4.78, 5) is 10.2. The molecule has 0 aromatic carbocycles. The highest BCUT2D eigenvalue weighted by atomic mass is 19.1. The van der Waals surface area contributed by atoms with Crippen molar-refractivity contribution in [2.24, 2.45) is 0 Å². The molecule has 0 aliphatic carbocycles. The molecule has 3 nitrogen and oxygen atoms in total. The van der Waals surface area contributed by atoms with E-state index in [2.05, 4.69) is 4.74 Å². The molecule has 0 bridgehead atoms. The molecule has 1 aliphatic heterocycles. The molecule has 0 aromatic heterocycles. The van der Waals surface area contributed by atoms with Crippen molar-refractivity contribution in [1.29, 1.82) is 0 Å². The molecule has 1 saturated heterocycles. The highest BCUT2D eigenvalue weighted by Gasteiger charge is 2.25. The molecule has 1 aliphatic rings. The van der Waals surface area contributed by atoms with Crippen LogP contribution in [-0.4, -0.2) is 30.0 Å². The van der Waals surface area contributed by atoms with Crippen molar-refractivity contribution in [2.75, 3.05) is 6.61 Å². The van der Waals surface area contributed by atoms with Crippen molar-refractivity contribution in [3.63, 3.8) is 0 Å². The molecule has 0 amide bonds. The smallest absolute Gasteiger partial charge is 0.332 e. The molecule has 1 N–H and O–H groups in total. The zero-order valence-corrected chi connectivity index (χ0v) is 5.42. The molecule has 0 unspecified atom stereocenters. The summed E-state index contributed by atoms with van der Waals surface area (Å²) in [5, 5.41) is 8.38. The van der Waals surface area contributed by atoms with Gasteiger partial charge in [0.1, 0.15) is 6.17 Å². The highest BCUT2D eigenvalue weighted by Crippen LogP contribution is 2.15. The first-order valence-corrected chi connectivity index (χ1v) is 3.18. The fourth-order valence-electron chi connectivity index (χ4n) is 0.914. The zero-order valence-electron chi connectivity index (χ0n) is 5.42. The third kappa shape index (κ3) is 1.67. The van der Waals surface area contributed by atoms with Crippen molar-refractivity contribution in [3.05, 3.63) is 0 Å². The number of alkyl halides is 1. The second-order valence-corrected chi connectivity index (χ2v) is 2.33. The lowest BCUT2D eigenvalue weighted by Crippen LogP contribution is -2.32. The fraction of sp³-hybridized carbons (Fsp3) is 0.833. The predicted molar refractivity (Wildman–Crippen MR) is 31.5 cm³/mol. The maximum atomic E-state index is 12.3. The Morgan fingerprint density at radius 3 is 2.70 bits per heavy atom. The monoisotopic (exact) mass is 148 g/mol. The lowest BCUT2D eigenvalue weighted by molar-refractivity contribution is -0.155. The van der Waals surface area contributed by atoms with Gasteiger partial charge in [0.15, 0.2) is 6.10 Å². The molecule has 1 fully saturated rings. The first kappa shape index (κ1) is 7.47. The van der Waals surface area contributed by atoms with Crippen molar-refractivity contribution >= 4 is 5.97 Å². The van der Waals surface area contributed by atoms with Gasteiger partial charge in [0, 0.05) is 0 Å². The quantitative estimate of drug-likeness (QED) is 0.591. The van der Waals surface area contributed by atoms with E-state index < -0.39 is 18.2 Å². The Morgan fingerprint density at radius 2 is 2.30 bits per heavy atom. The van der Waals surface area contributed by atoms with E-state index in [-0.39, 0.29) is 13.0 Å². The number of aliphatic carboxylic acids is 1. The predicted octanol–water partition coefficient (Wildman–Crippen LogP) is 0.588. The van der Waals surface area contributed by atoms with Crippen molar-refractivity contribution in [2.45, 2.75) is 25.1 Å². The third-order valence-corrected chi connectivity index (χ3v) is 1.50. The van der Waals surface area contributed by atoms with Crippen molar-refractivity contribution < 1.29 is 19.0 Å². The zero-order chi connectivity index (χ0) is 7.56. The summed E-state index contributed by atoms with van der Waals surface area (Å²) in [5.41, 5.74) is 0. The summed E-state index contributed by atoms with van der Waals surface area (Å²) >= 11 is 0. The lowest BCUT2D eigenvalue weighted by Gasteiger charge is -2.21. The van der Waals surface area contributed by atoms with Gasteiger partial charge in [-0.1, -0.05) is 0 Å². The van der Waals surface area contributed by atoms with Gasteiger partial charge in [-0.3, -0.25) is 0 Å². The second-order valence-electron chi connectivity index (χ2n) is 2.33. The van der Waals surface area contributed by atoms with E-state index in [1.165, 1.54) is 0 Å². The Bertz CT molecular complexity index is 129. The standard InChI is InChI=1S/C6H9FO3/c7-4-1-2-5(6(8)9)10-3-4/h4-5H,1-3H2,(H,8,9)/t4-,5+/m1/s1. The van der Waals surface area contributed by atoms with Crippen LogP contribution < -0.4 is 0 Å². The third-order valence-electron chi connectivity index (χ3n) is 1.50. The van der Waals surface area contributed by atoms with Crippen LogP contribution in [0.25, 0.3) is 0 Å². The number of halogens is 1. The highest BCUT2D eigenvalue weighted by molar-refractivity contribution is 5.72. The maximum absolute atomic E-state index is 12.3. The Hall–Kier alpha value is -0.640. The van der Waals surface area contributed by atoms with Gasteiger partial charge in [0.2, 0.25) is 0 Å². The molecule has 0 radical (unpaired) electrons. The van der Waals surface area contributed by atoms with Crippen LogP contribution in [0.15, 0.2) is 0 Å².